The van der Waals surface area contributed by atoms with Gasteiger partial charge in [-0.1, -0.05) is 0 Å². The number of methoxy groups -OCH3 is 1. The van der Waals surface area contributed by atoms with E-state index in [0.29, 0.717) is 30.1 Å². The van der Waals surface area contributed by atoms with Crippen LogP contribution in [0.2, 0.25) is 0 Å². The number of ether oxygens (including phenoxy) is 4. The summed E-state index contributed by atoms with van der Waals surface area (Å²) in [5.74, 6) is 1.83. The molecular weight excluding hydrogens is 486 g/mol. The number of nitrogens with two attached hydrogens (primary N) is 1. The number of carbonyl (C=O) groups excluding carboxylic acids is 2. The Balaban J connectivity index is 1.19. The van der Waals surface area contributed by atoms with Crippen molar-refractivity contribution >= 4 is 23.6 Å². The molecule has 3 aliphatic carbocycles. The fourth-order valence-corrected chi connectivity index (χ4v) is 4.77. The molecule has 0 saturated heterocycles. The van der Waals surface area contributed by atoms with Crippen LogP contribution in [0.5, 0.6) is 11.5 Å². The molecule has 0 spiro atoms. The van der Waals surface area contributed by atoms with Crippen LogP contribution in [0.15, 0.2) is 42.3 Å². The molecule has 9 nitrogen and oxygen atoms in total. The van der Waals surface area contributed by atoms with Crippen LogP contribution in [0.4, 0.5) is 5.69 Å². The first-order valence-corrected chi connectivity index (χ1v) is 13.4. The average molecular weight is 522 g/mol. The third-order valence-corrected chi connectivity index (χ3v) is 7.20. The van der Waals surface area contributed by atoms with Gasteiger partial charge in [-0.25, -0.2) is 0 Å². The molecule has 2 saturated carbocycles. The quantitative estimate of drug-likeness (QED) is 0.419. The summed E-state index contributed by atoms with van der Waals surface area (Å²) in [6.45, 7) is 0.266. The molecule has 1 unspecified atom stereocenters. The summed E-state index contributed by atoms with van der Waals surface area (Å²) in [5, 5.41) is 2.93. The smallest absolute Gasteiger partial charge is 0.323 e. The lowest BCUT2D eigenvalue weighted by atomic mass is 9.97. The van der Waals surface area contributed by atoms with Crippen molar-refractivity contribution in [1.29, 1.82) is 0 Å². The minimum absolute atomic E-state index is 0.00138. The van der Waals surface area contributed by atoms with Crippen LogP contribution in [0.25, 0.3) is 6.08 Å². The Bertz CT molecular complexity index is 1170. The molecular formula is C29H35N3O6. The zero-order valence-electron chi connectivity index (χ0n) is 21.7. The van der Waals surface area contributed by atoms with Crippen molar-refractivity contribution in [3.8, 4) is 11.5 Å². The van der Waals surface area contributed by atoms with Gasteiger partial charge in [0.15, 0.2) is 0 Å². The van der Waals surface area contributed by atoms with E-state index in [1.807, 2.05) is 36.4 Å². The second-order valence-electron chi connectivity index (χ2n) is 10.1. The van der Waals surface area contributed by atoms with Gasteiger partial charge in [0.05, 0.1) is 12.3 Å². The zero-order chi connectivity index (χ0) is 26.5. The number of pyridine rings is 1. The molecule has 1 heterocycles. The highest BCUT2D eigenvalue weighted by atomic mass is 16.5. The van der Waals surface area contributed by atoms with E-state index >= 15 is 0 Å². The Hall–Kier alpha value is -3.43. The Morgan fingerprint density at radius 2 is 1.87 bits per heavy atom. The summed E-state index contributed by atoms with van der Waals surface area (Å²) < 4.78 is 23.4. The van der Waals surface area contributed by atoms with E-state index in [1.165, 1.54) is 0 Å². The molecule has 5 rings (SSSR count). The number of amides is 1. The molecule has 1 aromatic carbocycles. The summed E-state index contributed by atoms with van der Waals surface area (Å²) in [6, 6.07) is 8.43. The highest BCUT2D eigenvalue weighted by Crippen LogP contribution is 2.35. The van der Waals surface area contributed by atoms with E-state index in [1.54, 1.807) is 13.3 Å². The van der Waals surface area contributed by atoms with E-state index < -0.39 is 6.04 Å². The maximum Gasteiger partial charge on any atom is 0.323 e. The third-order valence-electron chi connectivity index (χ3n) is 7.20. The summed E-state index contributed by atoms with van der Waals surface area (Å²) in [5.41, 5.74) is 8.45. The first-order valence-electron chi connectivity index (χ1n) is 13.4. The first-order chi connectivity index (χ1) is 18.5. The number of hydrogen-bond donors (Lipinski definition) is 2. The second-order valence-corrected chi connectivity index (χ2v) is 10.1. The van der Waals surface area contributed by atoms with E-state index in [-0.39, 0.29) is 36.6 Å². The average Bonchev–Trinajstić information content (AvgIpc) is 3.66. The zero-order valence-corrected chi connectivity index (χ0v) is 21.7. The molecule has 2 fully saturated rings. The topological polar surface area (TPSA) is 122 Å². The van der Waals surface area contributed by atoms with Crippen LogP contribution in [-0.4, -0.2) is 48.8 Å². The van der Waals surface area contributed by atoms with Gasteiger partial charge in [-0.15, -0.1) is 0 Å². The van der Waals surface area contributed by atoms with Crippen LogP contribution in [0.3, 0.4) is 0 Å². The number of esters is 1. The number of rotatable bonds is 11. The predicted molar refractivity (Wildman–Crippen MR) is 141 cm³/mol. The Labute approximate surface area is 222 Å². The highest BCUT2D eigenvalue weighted by molar-refractivity contribution is 5.94. The molecule has 2 atom stereocenters. The van der Waals surface area contributed by atoms with Gasteiger partial charge in [0.2, 0.25) is 5.91 Å². The molecule has 2 aromatic rings. The SMILES string of the molecule is COC1Cc2c(Oc3ccc(NC(=O)C4CC4)cc3)ccnc2C=C1OCC[C@H](N)C(=O)OC1CCCC1. The number of nitrogens with zero attached hydrogens (tertiary/aromatic N) is 1. The second kappa shape index (κ2) is 12.0. The Kier molecular flexibility index (Phi) is 8.24. The maximum atomic E-state index is 12.3. The van der Waals surface area contributed by atoms with Crippen molar-refractivity contribution in [2.24, 2.45) is 11.7 Å². The highest BCUT2D eigenvalue weighted by Gasteiger charge is 2.30. The van der Waals surface area contributed by atoms with Crippen LogP contribution >= 0.6 is 0 Å². The molecule has 38 heavy (non-hydrogen) atoms. The van der Waals surface area contributed by atoms with Crippen LogP contribution < -0.4 is 15.8 Å². The van der Waals surface area contributed by atoms with Gasteiger partial charge in [-0.3, -0.25) is 14.6 Å². The number of benzene rings is 1. The number of fused-ring (bicyclic) bond motifs is 1. The monoisotopic (exact) mass is 521 g/mol. The molecule has 1 aromatic heterocycles. The molecule has 0 aliphatic heterocycles. The largest absolute Gasteiger partial charge is 0.495 e. The van der Waals surface area contributed by atoms with Crippen molar-refractivity contribution in [2.45, 2.75) is 69.6 Å². The fourth-order valence-electron chi connectivity index (χ4n) is 4.77. The third kappa shape index (κ3) is 6.52. The van der Waals surface area contributed by atoms with E-state index in [0.717, 1.165) is 55.5 Å². The van der Waals surface area contributed by atoms with Gasteiger partial charge in [-0.2, -0.15) is 0 Å². The van der Waals surface area contributed by atoms with Crippen LogP contribution in [0.1, 0.15) is 56.2 Å². The number of carbonyl (C=O) groups is 2. The minimum atomic E-state index is -0.723. The standard InChI is InChI=1S/C29H35N3O6/c1-35-26-16-22-24(17-27(26)36-15-13-23(30)29(34)38-20-4-2-3-5-20)31-14-12-25(22)37-21-10-8-19(9-11-21)32-28(33)18-6-7-18/h8-12,14,17-18,20,23,26H,2-7,13,15-16,30H2,1H3,(H,32,33)/t23-,26?/m0/s1. The summed E-state index contributed by atoms with van der Waals surface area (Å²) in [4.78, 5) is 28.7. The minimum Gasteiger partial charge on any atom is -0.495 e. The number of nitrogens with one attached hydrogen (secondary N) is 1. The lowest BCUT2D eigenvalue weighted by molar-refractivity contribution is -0.150. The number of aromatic nitrogens is 1. The molecule has 3 aliphatic rings. The van der Waals surface area contributed by atoms with Crippen LogP contribution in [-0.2, 0) is 30.2 Å². The van der Waals surface area contributed by atoms with Gasteiger partial charge in [0, 0.05) is 49.4 Å². The summed E-state index contributed by atoms with van der Waals surface area (Å²) in [6.07, 6.45) is 10.0. The van der Waals surface area contributed by atoms with Gasteiger partial charge >= 0.3 is 5.97 Å². The van der Waals surface area contributed by atoms with Gasteiger partial charge in [0.25, 0.3) is 0 Å². The van der Waals surface area contributed by atoms with E-state index in [9.17, 15) is 9.59 Å². The summed E-state index contributed by atoms with van der Waals surface area (Å²) in [7, 11) is 1.63. The molecule has 202 valence electrons. The van der Waals surface area contributed by atoms with Crippen molar-refractivity contribution in [3.05, 3.63) is 53.5 Å². The lowest BCUT2D eigenvalue weighted by Crippen LogP contribution is -2.35. The normalized spacial score (nSPS) is 19.7. The maximum absolute atomic E-state index is 12.3. The van der Waals surface area contributed by atoms with Gasteiger partial charge in [-0.05, 0) is 68.9 Å². The first kappa shape index (κ1) is 26.2. The van der Waals surface area contributed by atoms with Crippen molar-refractivity contribution < 1.29 is 28.5 Å². The Morgan fingerprint density at radius 1 is 1.11 bits per heavy atom. The Morgan fingerprint density at radius 3 is 2.58 bits per heavy atom. The number of anilines is 1. The van der Waals surface area contributed by atoms with Crippen molar-refractivity contribution in [2.75, 3.05) is 19.0 Å². The van der Waals surface area contributed by atoms with Gasteiger partial charge < -0.3 is 30.0 Å². The molecule has 0 radical (unpaired) electrons. The van der Waals surface area contributed by atoms with Crippen molar-refractivity contribution in [1.82, 2.24) is 4.98 Å². The van der Waals surface area contributed by atoms with E-state index in [4.69, 9.17) is 24.7 Å². The predicted octanol–water partition coefficient (Wildman–Crippen LogP) is 4.35. The summed E-state index contributed by atoms with van der Waals surface area (Å²) >= 11 is 0. The van der Waals surface area contributed by atoms with E-state index in [2.05, 4.69) is 10.3 Å². The molecule has 9 heteroatoms. The fraction of sp³-hybridized carbons (Fsp3) is 0.483. The van der Waals surface area contributed by atoms with Crippen molar-refractivity contribution in [3.63, 3.8) is 0 Å². The molecule has 0 bridgehead atoms. The van der Waals surface area contributed by atoms with Gasteiger partial charge in [0.1, 0.15) is 35.5 Å². The number of hydrogen-bond acceptors (Lipinski definition) is 8. The molecule has 3 N–H and O–H groups in total. The lowest BCUT2D eigenvalue weighted by Gasteiger charge is -2.26. The van der Waals surface area contributed by atoms with Crippen LogP contribution in [0, 0.1) is 5.92 Å². The molecule has 1 amide bonds.